The third kappa shape index (κ3) is 5.19. The summed E-state index contributed by atoms with van der Waals surface area (Å²) in [4.78, 5) is 34.2. The zero-order valence-corrected chi connectivity index (χ0v) is 20.6. The molecule has 2 saturated heterocycles. The standard InChI is InChI=1S/C26H33N5O4/c1-26(2,3)35-25(33)30-12-8-7-11-21(30)20-13-23-27-22(14-24(32)31(23)28-20)29-15-19(16-29)34-17-18-9-5-4-6-10-18/h4-6,9-10,13-14,19,21,28H,7-8,11-12,15-17H2,1-3H3/t21-/m0/s1. The summed E-state index contributed by atoms with van der Waals surface area (Å²) in [7, 11) is 0. The van der Waals surface area contributed by atoms with Gasteiger partial charge in [-0.1, -0.05) is 30.3 Å². The number of H-pyrrole nitrogens is 1. The van der Waals surface area contributed by atoms with Gasteiger partial charge in [0.1, 0.15) is 11.4 Å². The van der Waals surface area contributed by atoms with Gasteiger partial charge in [0.05, 0.1) is 24.4 Å². The molecule has 0 unspecified atom stereocenters. The lowest BCUT2D eigenvalue weighted by atomic mass is 10.00. The number of fused-ring (bicyclic) bond motifs is 1. The number of likely N-dealkylation sites (tertiary alicyclic amines) is 1. The van der Waals surface area contributed by atoms with Crippen LogP contribution in [0.3, 0.4) is 0 Å². The van der Waals surface area contributed by atoms with E-state index in [1.165, 1.54) is 4.52 Å². The van der Waals surface area contributed by atoms with Crippen LogP contribution in [0.25, 0.3) is 5.65 Å². The molecule has 186 valence electrons. The average molecular weight is 480 g/mol. The van der Waals surface area contributed by atoms with Gasteiger partial charge in [-0.15, -0.1) is 0 Å². The highest BCUT2D eigenvalue weighted by Gasteiger charge is 2.33. The Kier molecular flexibility index (Phi) is 6.27. The lowest BCUT2D eigenvalue weighted by molar-refractivity contribution is 0.00896. The molecule has 2 aliphatic rings. The summed E-state index contributed by atoms with van der Waals surface area (Å²) in [6.07, 6.45) is 2.53. The molecule has 2 fully saturated rings. The Labute approximate surface area is 204 Å². The second kappa shape index (κ2) is 9.37. The van der Waals surface area contributed by atoms with Crippen LogP contribution in [-0.4, -0.2) is 56.9 Å². The quantitative estimate of drug-likeness (QED) is 0.597. The second-order valence-electron chi connectivity index (χ2n) is 10.4. The molecule has 9 heteroatoms. The van der Waals surface area contributed by atoms with Crippen molar-refractivity contribution in [2.45, 2.75) is 64.4 Å². The van der Waals surface area contributed by atoms with Crippen LogP contribution in [0.1, 0.15) is 57.3 Å². The number of rotatable bonds is 5. The highest BCUT2D eigenvalue weighted by molar-refractivity contribution is 5.69. The number of nitrogens with zero attached hydrogens (tertiary/aromatic N) is 4. The molecule has 0 aliphatic carbocycles. The number of aromatic amines is 1. The fraction of sp³-hybridized carbons (Fsp3) is 0.500. The first kappa shape index (κ1) is 23.4. The minimum Gasteiger partial charge on any atom is -0.444 e. The predicted octanol–water partition coefficient (Wildman–Crippen LogP) is 3.89. The van der Waals surface area contributed by atoms with Gasteiger partial charge in [0, 0.05) is 31.8 Å². The normalized spacial score (nSPS) is 19.1. The summed E-state index contributed by atoms with van der Waals surface area (Å²) in [5, 5.41) is 3.18. The number of carbonyl (C=O) groups is 1. The van der Waals surface area contributed by atoms with E-state index in [0.717, 1.165) is 30.5 Å². The van der Waals surface area contributed by atoms with Crippen molar-refractivity contribution in [3.63, 3.8) is 0 Å². The third-order valence-corrected chi connectivity index (χ3v) is 6.45. The summed E-state index contributed by atoms with van der Waals surface area (Å²) < 4.78 is 13.1. The highest BCUT2D eigenvalue weighted by Crippen LogP contribution is 2.32. The maximum atomic E-state index is 12.9. The Bertz CT molecular complexity index is 1240. The summed E-state index contributed by atoms with van der Waals surface area (Å²) in [6, 6.07) is 13.3. The molecule has 2 aromatic heterocycles. The second-order valence-corrected chi connectivity index (χ2v) is 10.4. The minimum absolute atomic E-state index is 0.113. The van der Waals surface area contributed by atoms with Crippen LogP contribution < -0.4 is 10.5 Å². The van der Waals surface area contributed by atoms with E-state index < -0.39 is 5.60 Å². The number of nitrogens with one attached hydrogen (secondary N) is 1. The van der Waals surface area contributed by atoms with Crippen LogP contribution in [0.4, 0.5) is 10.6 Å². The number of ether oxygens (including phenoxy) is 2. The van der Waals surface area contributed by atoms with Crippen molar-refractivity contribution >= 4 is 17.6 Å². The maximum absolute atomic E-state index is 12.9. The van der Waals surface area contributed by atoms with E-state index in [1.54, 1.807) is 11.0 Å². The molecule has 1 atom stereocenters. The Morgan fingerprint density at radius 3 is 2.66 bits per heavy atom. The summed E-state index contributed by atoms with van der Waals surface area (Å²) in [5.41, 5.74) is 1.75. The van der Waals surface area contributed by atoms with Gasteiger partial charge in [-0.25, -0.2) is 14.3 Å². The highest BCUT2D eigenvalue weighted by atomic mass is 16.6. The Morgan fingerprint density at radius 1 is 1.14 bits per heavy atom. The zero-order valence-electron chi connectivity index (χ0n) is 20.6. The van der Waals surface area contributed by atoms with Crippen molar-refractivity contribution in [2.75, 3.05) is 24.5 Å². The van der Waals surface area contributed by atoms with E-state index in [4.69, 9.17) is 14.5 Å². The van der Waals surface area contributed by atoms with Crippen molar-refractivity contribution < 1.29 is 14.3 Å². The van der Waals surface area contributed by atoms with Gasteiger partial charge < -0.3 is 14.4 Å². The van der Waals surface area contributed by atoms with Gasteiger partial charge >= 0.3 is 6.09 Å². The van der Waals surface area contributed by atoms with E-state index in [-0.39, 0.29) is 23.8 Å². The summed E-state index contributed by atoms with van der Waals surface area (Å²) in [5.74, 6) is 0.646. The largest absolute Gasteiger partial charge is 0.444 e. The van der Waals surface area contributed by atoms with E-state index in [2.05, 4.69) is 10.00 Å². The number of carbonyl (C=O) groups excluding carboxylic acids is 1. The summed E-state index contributed by atoms with van der Waals surface area (Å²) >= 11 is 0. The van der Waals surface area contributed by atoms with Crippen LogP contribution in [0.2, 0.25) is 0 Å². The van der Waals surface area contributed by atoms with Crippen molar-refractivity contribution in [1.29, 1.82) is 0 Å². The van der Waals surface area contributed by atoms with Gasteiger partial charge in [-0.2, -0.15) is 0 Å². The Morgan fingerprint density at radius 2 is 1.91 bits per heavy atom. The first-order chi connectivity index (χ1) is 16.8. The number of anilines is 1. The number of piperidine rings is 1. The molecule has 3 aromatic rings. The van der Waals surface area contributed by atoms with Crippen LogP contribution in [0.15, 0.2) is 47.3 Å². The smallest absolute Gasteiger partial charge is 0.410 e. The van der Waals surface area contributed by atoms with Crippen LogP contribution in [0, 0.1) is 0 Å². The third-order valence-electron chi connectivity index (χ3n) is 6.45. The number of hydrogen-bond donors (Lipinski definition) is 1. The predicted molar refractivity (Wildman–Crippen MR) is 133 cm³/mol. The molecule has 0 spiro atoms. The topological polar surface area (TPSA) is 92.2 Å². The summed E-state index contributed by atoms with van der Waals surface area (Å²) in [6.45, 7) is 8.19. The molecule has 0 saturated carbocycles. The fourth-order valence-electron chi connectivity index (χ4n) is 4.64. The lowest BCUT2D eigenvalue weighted by Crippen LogP contribution is -2.52. The van der Waals surface area contributed by atoms with Gasteiger partial charge in [0.25, 0.3) is 5.56 Å². The molecule has 1 aromatic carbocycles. The molecule has 2 aliphatic heterocycles. The molecule has 0 radical (unpaired) electrons. The molecule has 9 nitrogen and oxygen atoms in total. The average Bonchev–Trinajstić information content (AvgIpc) is 3.22. The van der Waals surface area contributed by atoms with E-state index in [9.17, 15) is 9.59 Å². The Hall–Kier alpha value is -3.33. The van der Waals surface area contributed by atoms with Gasteiger partial charge in [0.15, 0.2) is 5.65 Å². The first-order valence-corrected chi connectivity index (χ1v) is 12.3. The van der Waals surface area contributed by atoms with Crippen molar-refractivity contribution in [3.05, 3.63) is 64.1 Å². The van der Waals surface area contributed by atoms with Crippen LogP contribution in [-0.2, 0) is 16.1 Å². The number of hydrogen-bond acceptors (Lipinski definition) is 6. The Balaban J connectivity index is 1.29. The number of amides is 1. The monoisotopic (exact) mass is 479 g/mol. The lowest BCUT2D eigenvalue weighted by Gasteiger charge is -2.39. The van der Waals surface area contributed by atoms with Gasteiger partial charge in [-0.05, 0) is 45.6 Å². The SMILES string of the molecule is CC(C)(C)OC(=O)N1CCCC[C@H]1c1cc2nc(N3CC(OCc4ccccc4)C3)cc(=O)n2[nH]1. The first-order valence-electron chi connectivity index (χ1n) is 12.3. The molecule has 1 N–H and O–H groups in total. The number of benzene rings is 1. The van der Waals surface area contributed by atoms with Gasteiger partial charge in [0.2, 0.25) is 0 Å². The zero-order chi connectivity index (χ0) is 24.6. The molecular formula is C26H33N5O4. The molecule has 0 bridgehead atoms. The molecule has 1 amide bonds. The van der Waals surface area contributed by atoms with Crippen molar-refractivity contribution in [1.82, 2.24) is 19.5 Å². The minimum atomic E-state index is -0.563. The molecule has 5 rings (SSSR count). The van der Waals surface area contributed by atoms with Gasteiger partial charge in [-0.3, -0.25) is 14.8 Å². The van der Waals surface area contributed by atoms with Crippen LogP contribution >= 0.6 is 0 Å². The van der Waals surface area contributed by atoms with Crippen LogP contribution in [0.5, 0.6) is 0 Å². The van der Waals surface area contributed by atoms with E-state index in [0.29, 0.717) is 37.7 Å². The van der Waals surface area contributed by atoms with E-state index in [1.807, 2.05) is 57.2 Å². The van der Waals surface area contributed by atoms with Crippen molar-refractivity contribution in [2.24, 2.45) is 0 Å². The fourth-order valence-corrected chi connectivity index (χ4v) is 4.64. The van der Waals surface area contributed by atoms with E-state index >= 15 is 0 Å². The molecular weight excluding hydrogens is 446 g/mol. The van der Waals surface area contributed by atoms with Crippen molar-refractivity contribution in [3.8, 4) is 0 Å². The molecule has 35 heavy (non-hydrogen) atoms. The maximum Gasteiger partial charge on any atom is 0.410 e. The molecule has 4 heterocycles. The number of aromatic nitrogens is 3.